The number of carbonyl (C=O) groups is 2. The van der Waals surface area contributed by atoms with E-state index in [9.17, 15) is 9.59 Å². The number of methoxy groups -OCH3 is 2. The Labute approximate surface area is 204 Å². The minimum atomic E-state index is -0.300. The molecule has 1 aromatic heterocycles. The fourth-order valence-corrected chi connectivity index (χ4v) is 4.13. The van der Waals surface area contributed by atoms with Crippen LogP contribution in [-0.2, 0) is 4.79 Å². The van der Waals surface area contributed by atoms with Crippen LogP contribution < -0.4 is 14.8 Å². The Balaban J connectivity index is 1.72. The van der Waals surface area contributed by atoms with Crippen LogP contribution in [0, 0.1) is 6.92 Å². The van der Waals surface area contributed by atoms with Gasteiger partial charge in [-0.25, -0.2) is 0 Å². The lowest BCUT2D eigenvalue weighted by Gasteiger charge is -2.13. The number of rotatable bonds is 7. The minimum absolute atomic E-state index is 0.0610. The molecule has 0 aliphatic rings. The maximum Gasteiger partial charge on any atom is 0.248 e. The van der Waals surface area contributed by atoms with Gasteiger partial charge in [0.05, 0.1) is 20.5 Å². The summed E-state index contributed by atoms with van der Waals surface area (Å²) in [5.41, 5.74) is 6.13. The van der Waals surface area contributed by atoms with Gasteiger partial charge in [-0.15, -0.1) is 0 Å². The first-order chi connectivity index (χ1) is 16.8. The molecule has 178 valence electrons. The van der Waals surface area contributed by atoms with E-state index in [2.05, 4.69) is 5.32 Å². The lowest BCUT2D eigenvalue weighted by Crippen LogP contribution is -2.09. The topological polar surface area (TPSA) is 77.8 Å². The fourth-order valence-electron chi connectivity index (χ4n) is 4.13. The van der Waals surface area contributed by atoms with Gasteiger partial charge in [-0.3, -0.25) is 9.59 Å². The van der Waals surface area contributed by atoms with Crippen molar-refractivity contribution in [2.24, 2.45) is 0 Å². The maximum atomic E-state index is 12.8. The molecular formula is C29H27NO5. The van der Waals surface area contributed by atoms with Crippen molar-refractivity contribution in [2.45, 2.75) is 20.8 Å². The number of hydrogen-bond donors (Lipinski definition) is 1. The van der Waals surface area contributed by atoms with Gasteiger partial charge in [-0.05, 0) is 62.2 Å². The van der Waals surface area contributed by atoms with Gasteiger partial charge in [0.1, 0.15) is 17.1 Å². The molecule has 6 heteroatoms. The lowest BCUT2D eigenvalue weighted by atomic mass is 9.96. The van der Waals surface area contributed by atoms with Crippen LogP contribution in [-0.4, -0.2) is 25.9 Å². The van der Waals surface area contributed by atoms with Crippen molar-refractivity contribution in [3.05, 3.63) is 83.6 Å². The summed E-state index contributed by atoms with van der Waals surface area (Å²) in [6.07, 6.45) is 3.26. The Morgan fingerprint density at radius 1 is 0.971 bits per heavy atom. The molecule has 0 atom stereocenters. The zero-order valence-electron chi connectivity index (χ0n) is 20.4. The van der Waals surface area contributed by atoms with E-state index in [0.29, 0.717) is 17.0 Å². The van der Waals surface area contributed by atoms with Gasteiger partial charge in [-0.2, -0.15) is 0 Å². The normalized spacial score (nSPS) is 11.4. The Morgan fingerprint density at radius 3 is 2.37 bits per heavy atom. The molecular weight excluding hydrogens is 442 g/mol. The number of Topliss-reactive ketones (excluding diaryl/α,β-unsaturated/α-hetero) is 1. The van der Waals surface area contributed by atoms with Crippen LogP contribution in [0.1, 0.15) is 35.3 Å². The number of hydrogen-bond acceptors (Lipinski definition) is 5. The molecule has 6 nitrogen and oxygen atoms in total. The van der Waals surface area contributed by atoms with Crippen LogP contribution in [0.15, 0.2) is 71.4 Å². The second-order valence-corrected chi connectivity index (χ2v) is 8.29. The van der Waals surface area contributed by atoms with Gasteiger partial charge in [0.2, 0.25) is 5.91 Å². The maximum absolute atomic E-state index is 12.8. The van der Waals surface area contributed by atoms with Crippen LogP contribution in [0.4, 0.5) is 5.69 Å². The van der Waals surface area contributed by atoms with E-state index in [0.717, 1.165) is 44.5 Å². The van der Waals surface area contributed by atoms with E-state index in [-0.39, 0.29) is 11.7 Å². The van der Waals surface area contributed by atoms with Crippen molar-refractivity contribution in [3.63, 3.8) is 0 Å². The van der Waals surface area contributed by atoms with E-state index in [4.69, 9.17) is 13.9 Å². The number of allylic oxidation sites excluding steroid dienone is 1. The Kier molecular flexibility index (Phi) is 6.73. The number of ketones is 1. The van der Waals surface area contributed by atoms with Gasteiger partial charge >= 0.3 is 0 Å². The smallest absolute Gasteiger partial charge is 0.248 e. The van der Waals surface area contributed by atoms with Crippen LogP contribution in [0.2, 0.25) is 0 Å². The predicted molar refractivity (Wildman–Crippen MR) is 138 cm³/mol. The number of furan rings is 1. The van der Waals surface area contributed by atoms with Crippen molar-refractivity contribution < 1.29 is 23.5 Å². The molecule has 0 fully saturated rings. The largest absolute Gasteiger partial charge is 0.497 e. The first-order valence-electron chi connectivity index (χ1n) is 11.2. The molecule has 1 amide bonds. The molecule has 0 radical (unpaired) electrons. The Morgan fingerprint density at radius 2 is 1.71 bits per heavy atom. The number of aryl methyl sites for hydroxylation is 1. The molecule has 0 aliphatic carbocycles. The van der Waals surface area contributed by atoms with Gasteiger partial charge in [-0.1, -0.05) is 24.3 Å². The molecule has 1 N–H and O–H groups in total. The molecule has 3 aromatic carbocycles. The zero-order chi connectivity index (χ0) is 25.1. The van der Waals surface area contributed by atoms with Crippen LogP contribution >= 0.6 is 0 Å². The third kappa shape index (κ3) is 4.82. The first kappa shape index (κ1) is 23.8. The highest BCUT2D eigenvalue weighted by molar-refractivity contribution is 6.06. The molecule has 0 aliphatic heterocycles. The van der Waals surface area contributed by atoms with Crippen molar-refractivity contribution in [1.29, 1.82) is 0 Å². The van der Waals surface area contributed by atoms with Gasteiger partial charge < -0.3 is 19.2 Å². The number of fused-ring (bicyclic) bond motifs is 1. The number of carbonyl (C=O) groups excluding carboxylic acids is 2. The van der Waals surface area contributed by atoms with E-state index < -0.39 is 0 Å². The van der Waals surface area contributed by atoms with Crippen LogP contribution in [0.25, 0.3) is 27.7 Å². The number of benzene rings is 3. The third-order valence-corrected chi connectivity index (χ3v) is 5.96. The van der Waals surface area contributed by atoms with Crippen molar-refractivity contribution in [2.75, 3.05) is 19.5 Å². The summed E-state index contributed by atoms with van der Waals surface area (Å²) in [6.45, 7) is 5.29. The molecule has 0 unspecified atom stereocenters. The molecule has 4 aromatic rings. The number of ether oxygens (including phenoxy) is 2. The highest BCUT2D eigenvalue weighted by Crippen LogP contribution is 2.40. The molecule has 0 saturated carbocycles. The number of anilines is 1. The van der Waals surface area contributed by atoms with Crippen LogP contribution in [0.3, 0.4) is 0 Å². The standard InChI is InChI=1S/C29H27NO5/c1-17(13-27(32)30-22-8-6-7-21(14-22)19(3)31)24-15-25-26(20-9-11-23(33-4)12-10-20)16-35-29(25)18(2)28(24)34-5/h6-16H,1-5H3,(H,30,32)/b17-13+. The average Bonchev–Trinajstić information content (AvgIpc) is 3.28. The SMILES string of the molecule is COc1ccc(-c2coc3c(C)c(OC)c(/C(C)=C/C(=O)Nc4cccc(C(C)=O)c4)cc23)cc1. The minimum Gasteiger partial charge on any atom is -0.497 e. The number of nitrogens with one attached hydrogen (secondary N) is 1. The highest BCUT2D eigenvalue weighted by atomic mass is 16.5. The van der Waals surface area contributed by atoms with Crippen LogP contribution in [0.5, 0.6) is 11.5 Å². The summed E-state index contributed by atoms with van der Waals surface area (Å²) in [4.78, 5) is 24.4. The van der Waals surface area contributed by atoms with E-state index in [1.165, 1.54) is 13.0 Å². The molecule has 0 spiro atoms. The third-order valence-electron chi connectivity index (χ3n) is 5.96. The molecule has 4 rings (SSSR count). The highest BCUT2D eigenvalue weighted by Gasteiger charge is 2.19. The second kappa shape index (κ2) is 9.89. The van der Waals surface area contributed by atoms with Crippen molar-refractivity contribution in [3.8, 4) is 22.6 Å². The summed E-state index contributed by atoms with van der Waals surface area (Å²) >= 11 is 0. The quantitative estimate of drug-likeness (QED) is 0.242. The average molecular weight is 470 g/mol. The molecule has 1 heterocycles. The summed E-state index contributed by atoms with van der Waals surface area (Å²) in [6, 6.07) is 16.6. The Hall–Kier alpha value is -4.32. The van der Waals surface area contributed by atoms with E-state index in [1.807, 2.05) is 44.2 Å². The predicted octanol–water partition coefficient (Wildman–Crippen LogP) is 6.67. The summed E-state index contributed by atoms with van der Waals surface area (Å²) in [5.74, 6) is 1.06. The lowest BCUT2D eigenvalue weighted by molar-refractivity contribution is -0.111. The first-order valence-corrected chi connectivity index (χ1v) is 11.2. The van der Waals surface area contributed by atoms with Crippen molar-refractivity contribution in [1.82, 2.24) is 0 Å². The van der Waals surface area contributed by atoms with Gasteiger partial charge in [0.25, 0.3) is 0 Å². The van der Waals surface area contributed by atoms with Crippen molar-refractivity contribution >= 4 is 33.9 Å². The van der Waals surface area contributed by atoms with Gasteiger partial charge in [0.15, 0.2) is 5.78 Å². The summed E-state index contributed by atoms with van der Waals surface area (Å²) in [5, 5.41) is 3.75. The summed E-state index contributed by atoms with van der Waals surface area (Å²) in [7, 11) is 3.24. The fraction of sp³-hybridized carbons (Fsp3) is 0.172. The monoisotopic (exact) mass is 469 g/mol. The number of amides is 1. The van der Waals surface area contributed by atoms with Gasteiger partial charge in [0, 0.05) is 39.4 Å². The Bertz CT molecular complexity index is 1440. The van der Waals surface area contributed by atoms with E-state index in [1.54, 1.807) is 44.7 Å². The zero-order valence-corrected chi connectivity index (χ0v) is 20.4. The summed E-state index contributed by atoms with van der Waals surface area (Å²) < 4.78 is 16.9. The molecule has 35 heavy (non-hydrogen) atoms. The van der Waals surface area contributed by atoms with E-state index >= 15 is 0 Å². The second-order valence-electron chi connectivity index (χ2n) is 8.29. The molecule has 0 bridgehead atoms. The molecule has 0 saturated heterocycles.